The molecule has 0 bridgehead atoms. The highest BCUT2D eigenvalue weighted by Gasteiger charge is 2.12. The Bertz CT molecular complexity index is 691. The van der Waals surface area contributed by atoms with Gasteiger partial charge in [0.2, 0.25) is 5.91 Å². The van der Waals surface area contributed by atoms with Gasteiger partial charge < -0.3 is 5.32 Å². The van der Waals surface area contributed by atoms with Crippen LogP contribution in [0.3, 0.4) is 0 Å². The van der Waals surface area contributed by atoms with Gasteiger partial charge in [0.05, 0.1) is 19.5 Å². The molecule has 112 valence electrons. The smallest absolute Gasteiger partial charge is 0.237 e. The number of benzene rings is 1. The number of nitrogens with one attached hydrogen (secondary N) is 1. The van der Waals surface area contributed by atoms with Gasteiger partial charge in [0.25, 0.3) is 0 Å². The van der Waals surface area contributed by atoms with Gasteiger partial charge in [0, 0.05) is 16.6 Å². The maximum absolute atomic E-state index is 12.0. The zero-order valence-electron chi connectivity index (χ0n) is 10.6. The van der Waals surface area contributed by atoms with E-state index in [4.69, 9.17) is 23.2 Å². The van der Waals surface area contributed by atoms with Gasteiger partial charge in [-0.05, 0) is 45.1 Å². The molecule has 0 radical (unpaired) electrons. The largest absolute Gasteiger partial charge is 0.324 e. The van der Waals surface area contributed by atoms with E-state index in [1.54, 1.807) is 18.2 Å². The lowest BCUT2D eigenvalue weighted by molar-refractivity contribution is -0.113. The summed E-state index contributed by atoms with van der Waals surface area (Å²) in [6.07, 6.45) is 0. The van der Waals surface area contributed by atoms with Crippen LogP contribution in [0, 0.1) is 0 Å². The Balaban J connectivity index is 1.92. The average Bonchev–Trinajstić information content (AvgIpc) is 2.80. The number of amides is 1. The van der Waals surface area contributed by atoms with E-state index in [1.165, 1.54) is 11.3 Å². The zero-order valence-corrected chi connectivity index (χ0v) is 15.3. The van der Waals surface area contributed by atoms with Crippen LogP contribution in [0.25, 0.3) is 0 Å². The molecule has 0 aliphatic carbocycles. The van der Waals surface area contributed by atoms with E-state index in [0.29, 0.717) is 16.5 Å². The zero-order chi connectivity index (χ0) is 15.4. The summed E-state index contributed by atoms with van der Waals surface area (Å²) in [7, 11) is -1.28. The fraction of sp³-hybridized carbons (Fsp3) is 0.154. The van der Waals surface area contributed by atoms with Crippen molar-refractivity contribution in [3.8, 4) is 0 Å². The van der Waals surface area contributed by atoms with Gasteiger partial charge in [-0.15, -0.1) is 11.3 Å². The summed E-state index contributed by atoms with van der Waals surface area (Å²) in [6.45, 7) is 0. The molecule has 1 amide bonds. The highest BCUT2D eigenvalue weighted by molar-refractivity contribution is 9.11. The molecule has 2 aromatic rings. The van der Waals surface area contributed by atoms with E-state index in [0.717, 1.165) is 9.35 Å². The molecule has 8 heteroatoms. The molecule has 0 saturated heterocycles. The summed E-state index contributed by atoms with van der Waals surface area (Å²) in [5, 5.41) is 5.17. The number of halogens is 3. The molecule has 0 aliphatic heterocycles. The van der Waals surface area contributed by atoms with E-state index in [2.05, 4.69) is 21.2 Å². The van der Waals surface area contributed by atoms with E-state index < -0.39 is 10.8 Å². The van der Waals surface area contributed by atoms with Gasteiger partial charge in [0.15, 0.2) is 0 Å². The standard InChI is InChI=1S/C13H10BrCl2NO2S2/c14-11-4-8(5-20-11)6-21(19)7-12(18)17-10-3-1-2-9(15)13(10)16/h1-5H,6-7H2,(H,17,18). The van der Waals surface area contributed by atoms with Gasteiger partial charge in [-0.1, -0.05) is 29.3 Å². The fourth-order valence-corrected chi connectivity index (χ4v) is 4.26. The fourth-order valence-electron chi connectivity index (χ4n) is 1.59. The number of carbonyl (C=O) groups is 1. The Kier molecular flexibility index (Phi) is 6.25. The lowest BCUT2D eigenvalue weighted by atomic mass is 10.3. The van der Waals surface area contributed by atoms with Gasteiger partial charge in [-0.3, -0.25) is 9.00 Å². The van der Waals surface area contributed by atoms with Crippen molar-refractivity contribution in [3.05, 3.63) is 49.0 Å². The van der Waals surface area contributed by atoms with Crippen molar-refractivity contribution >= 4 is 72.9 Å². The van der Waals surface area contributed by atoms with Crippen LogP contribution in [0.5, 0.6) is 0 Å². The minimum atomic E-state index is -1.28. The highest BCUT2D eigenvalue weighted by atomic mass is 79.9. The molecule has 1 aromatic heterocycles. The molecule has 1 unspecified atom stereocenters. The van der Waals surface area contributed by atoms with Crippen LogP contribution in [-0.4, -0.2) is 15.9 Å². The molecule has 0 spiro atoms. The number of carbonyl (C=O) groups excluding carboxylic acids is 1. The molecule has 1 heterocycles. The van der Waals surface area contributed by atoms with Crippen LogP contribution >= 0.6 is 50.5 Å². The molecule has 1 aromatic carbocycles. The Labute approximate surface area is 147 Å². The van der Waals surface area contributed by atoms with Gasteiger partial charge >= 0.3 is 0 Å². The normalized spacial score (nSPS) is 12.1. The number of anilines is 1. The Morgan fingerprint density at radius 1 is 1.38 bits per heavy atom. The first-order valence-electron chi connectivity index (χ1n) is 5.77. The summed E-state index contributed by atoms with van der Waals surface area (Å²) in [5.41, 5.74) is 1.36. The molecular weight excluding hydrogens is 417 g/mol. The Morgan fingerprint density at radius 3 is 2.81 bits per heavy atom. The van der Waals surface area contributed by atoms with Crippen LogP contribution in [0.2, 0.25) is 10.0 Å². The van der Waals surface area contributed by atoms with Crippen LogP contribution in [0.15, 0.2) is 33.4 Å². The van der Waals surface area contributed by atoms with Crippen molar-refractivity contribution < 1.29 is 9.00 Å². The number of hydrogen-bond acceptors (Lipinski definition) is 3. The first kappa shape index (κ1) is 17.0. The van der Waals surface area contributed by atoms with Crippen molar-refractivity contribution in [2.45, 2.75) is 5.75 Å². The monoisotopic (exact) mass is 425 g/mol. The maximum atomic E-state index is 12.0. The first-order valence-corrected chi connectivity index (χ1v) is 9.69. The highest BCUT2D eigenvalue weighted by Crippen LogP contribution is 2.29. The summed E-state index contributed by atoms with van der Waals surface area (Å²) in [4.78, 5) is 11.9. The molecule has 0 saturated carbocycles. The third-order valence-electron chi connectivity index (χ3n) is 2.47. The summed E-state index contributed by atoms with van der Waals surface area (Å²) >= 11 is 16.7. The predicted octanol–water partition coefficient (Wildman–Crippen LogP) is 4.70. The first-order chi connectivity index (χ1) is 9.95. The van der Waals surface area contributed by atoms with Crippen LogP contribution < -0.4 is 5.32 Å². The Morgan fingerprint density at radius 2 is 2.14 bits per heavy atom. The van der Waals surface area contributed by atoms with Crippen LogP contribution in [0.4, 0.5) is 5.69 Å². The molecule has 1 atom stereocenters. The number of hydrogen-bond donors (Lipinski definition) is 1. The molecular formula is C13H10BrCl2NO2S2. The second-order valence-corrected chi connectivity index (χ2v) is 8.67. The second kappa shape index (κ2) is 7.74. The lowest BCUT2D eigenvalue weighted by Crippen LogP contribution is -2.20. The van der Waals surface area contributed by atoms with Crippen molar-refractivity contribution in [1.29, 1.82) is 0 Å². The quantitative estimate of drug-likeness (QED) is 0.752. The van der Waals surface area contributed by atoms with Crippen molar-refractivity contribution in [2.75, 3.05) is 11.1 Å². The number of thiophene rings is 1. The van der Waals surface area contributed by atoms with Crippen molar-refractivity contribution in [2.24, 2.45) is 0 Å². The average molecular weight is 427 g/mol. The Hall–Kier alpha value is -0.400. The molecule has 1 N–H and O–H groups in total. The van der Waals surface area contributed by atoms with Crippen molar-refractivity contribution in [1.82, 2.24) is 0 Å². The van der Waals surface area contributed by atoms with Gasteiger partial charge in [0.1, 0.15) is 5.75 Å². The van der Waals surface area contributed by atoms with E-state index in [-0.39, 0.29) is 16.7 Å². The van der Waals surface area contributed by atoms with Crippen LogP contribution in [-0.2, 0) is 21.3 Å². The van der Waals surface area contributed by atoms with Gasteiger partial charge in [-0.25, -0.2) is 0 Å². The SMILES string of the molecule is O=C(CS(=O)Cc1csc(Br)c1)Nc1cccc(Cl)c1Cl. The molecule has 2 rings (SSSR count). The topological polar surface area (TPSA) is 46.2 Å². The van der Waals surface area contributed by atoms with Crippen LogP contribution in [0.1, 0.15) is 5.56 Å². The summed E-state index contributed by atoms with van der Waals surface area (Å²) in [5.74, 6) is -0.0958. The lowest BCUT2D eigenvalue weighted by Gasteiger charge is -2.07. The van der Waals surface area contributed by atoms with E-state index in [1.807, 2.05) is 11.4 Å². The molecule has 21 heavy (non-hydrogen) atoms. The molecule has 0 fully saturated rings. The van der Waals surface area contributed by atoms with E-state index in [9.17, 15) is 9.00 Å². The molecule has 3 nitrogen and oxygen atoms in total. The van der Waals surface area contributed by atoms with Gasteiger partial charge in [-0.2, -0.15) is 0 Å². The number of rotatable bonds is 5. The summed E-state index contributed by atoms with van der Waals surface area (Å²) in [6, 6.07) is 6.86. The minimum absolute atomic E-state index is 0.0870. The minimum Gasteiger partial charge on any atom is -0.324 e. The third kappa shape index (κ3) is 5.07. The maximum Gasteiger partial charge on any atom is 0.237 e. The van der Waals surface area contributed by atoms with E-state index >= 15 is 0 Å². The third-order valence-corrected chi connectivity index (χ3v) is 6.08. The van der Waals surface area contributed by atoms with Crippen molar-refractivity contribution in [3.63, 3.8) is 0 Å². The predicted molar refractivity (Wildman–Crippen MR) is 93.8 cm³/mol. The molecule has 0 aliphatic rings. The summed E-state index contributed by atoms with van der Waals surface area (Å²) < 4.78 is 12.9. The second-order valence-electron chi connectivity index (χ2n) is 4.14.